The molecular weight excluding hydrogens is 244 g/mol. The molecule has 0 fully saturated rings. The zero-order valence-electron chi connectivity index (χ0n) is 12.7. The van der Waals surface area contributed by atoms with E-state index in [2.05, 4.69) is 6.58 Å². The normalized spacial score (nSPS) is 11.8. The Morgan fingerprint density at radius 2 is 1.63 bits per heavy atom. The molecule has 0 aliphatic heterocycles. The van der Waals surface area contributed by atoms with Crippen molar-refractivity contribution in [3.63, 3.8) is 0 Å². The van der Waals surface area contributed by atoms with E-state index in [9.17, 15) is 9.59 Å². The van der Waals surface area contributed by atoms with Crippen LogP contribution in [-0.4, -0.2) is 23.1 Å². The molecule has 0 heterocycles. The molecule has 0 atom stereocenters. The molecular formula is C15H26O4. The number of ether oxygens (including phenoxy) is 2. The lowest BCUT2D eigenvalue weighted by molar-refractivity contribution is -0.156. The van der Waals surface area contributed by atoms with Gasteiger partial charge in [-0.3, -0.25) is 4.79 Å². The van der Waals surface area contributed by atoms with Gasteiger partial charge in [-0.15, -0.1) is 0 Å². The van der Waals surface area contributed by atoms with E-state index in [1.165, 1.54) is 0 Å². The number of hydrogen-bond acceptors (Lipinski definition) is 4. The van der Waals surface area contributed by atoms with E-state index in [-0.39, 0.29) is 5.97 Å². The molecule has 0 N–H and O–H groups in total. The van der Waals surface area contributed by atoms with Crippen LogP contribution >= 0.6 is 0 Å². The first-order valence-corrected chi connectivity index (χ1v) is 6.63. The van der Waals surface area contributed by atoms with E-state index in [1.807, 2.05) is 34.6 Å². The van der Waals surface area contributed by atoms with Crippen molar-refractivity contribution in [1.82, 2.24) is 0 Å². The summed E-state index contributed by atoms with van der Waals surface area (Å²) in [6.07, 6.45) is 3.78. The number of esters is 2. The van der Waals surface area contributed by atoms with Crippen LogP contribution in [0.5, 0.6) is 0 Å². The predicted octanol–water partition coefficient (Wildman–Crippen LogP) is 3.40. The Morgan fingerprint density at radius 1 is 1.05 bits per heavy atom. The second-order valence-corrected chi connectivity index (χ2v) is 6.18. The summed E-state index contributed by atoms with van der Waals surface area (Å²) in [6.45, 7) is 12.6. The lowest BCUT2D eigenvalue weighted by Crippen LogP contribution is -2.27. The van der Waals surface area contributed by atoms with Gasteiger partial charge >= 0.3 is 11.9 Å². The molecule has 0 saturated heterocycles. The van der Waals surface area contributed by atoms with Gasteiger partial charge in [-0.25, -0.2) is 4.79 Å². The molecule has 0 radical (unpaired) electrons. The average molecular weight is 270 g/mol. The quantitative estimate of drug-likeness (QED) is 0.404. The number of unbranched alkanes of at least 4 members (excludes halogenated alkanes) is 1. The fourth-order valence-corrected chi connectivity index (χ4v) is 1.58. The highest BCUT2D eigenvalue weighted by molar-refractivity contribution is 5.81. The van der Waals surface area contributed by atoms with Crippen LogP contribution in [-0.2, 0) is 19.1 Å². The van der Waals surface area contributed by atoms with E-state index < -0.39 is 17.2 Å². The van der Waals surface area contributed by atoms with Crippen LogP contribution in [0.2, 0.25) is 0 Å². The smallest absolute Gasteiger partial charge is 0.330 e. The molecule has 0 amide bonds. The zero-order chi connectivity index (χ0) is 15.1. The van der Waals surface area contributed by atoms with E-state index in [1.54, 1.807) is 0 Å². The van der Waals surface area contributed by atoms with Crippen molar-refractivity contribution in [1.29, 1.82) is 0 Å². The summed E-state index contributed by atoms with van der Waals surface area (Å²) in [5.41, 5.74) is -0.963. The minimum Gasteiger partial charge on any atom is -0.460 e. The largest absolute Gasteiger partial charge is 0.460 e. The molecule has 0 aliphatic carbocycles. The van der Waals surface area contributed by atoms with Gasteiger partial charge in [-0.1, -0.05) is 6.58 Å². The monoisotopic (exact) mass is 270 g/mol. The van der Waals surface area contributed by atoms with E-state index in [4.69, 9.17) is 9.47 Å². The molecule has 0 saturated carbocycles. The van der Waals surface area contributed by atoms with Gasteiger partial charge in [0, 0.05) is 12.5 Å². The number of rotatable bonds is 7. The van der Waals surface area contributed by atoms with Gasteiger partial charge in [0.2, 0.25) is 0 Å². The molecule has 4 heteroatoms. The zero-order valence-corrected chi connectivity index (χ0v) is 12.7. The maximum atomic E-state index is 11.5. The van der Waals surface area contributed by atoms with Gasteiger partial charge in [0.05, 0.1) is 0 Å². The van der Waals surface area contributed by atoms with Crippen LogP contribution in [0.4, 0.5) is 0 Å². The molecule has 4 nitrogen and oxygen atoms in total. The van der Waals surface area contributed by atoms with Crippen LogP contribution in [0.25, 0.3) is 0 Å². The van der Waals surface area contributed by atoms with Gasteiger partial charge in [0.25, 0.3) is 0 Å². The van der Waals surface area contributed by atoms with Crippen LogP contribution in [0, 0.1) is 0 Å². The third-order valence-corrected chi connectivity index (χ3v) is 2.37. The summed E-state index contributed by atoms with van der Waals surface area (Å²) in [6, 6.07) is 0. The first-order valence-electron chi connectivity index (χ1n) is 6.63. The Bertz CT molecular complexity index is 324. The molecule has 0 aliphatic rings. The first kappa shape index (κ1) is 17.7. The van der Waals surface area contributed by atoms with Gasteiger partial charge in [-0.05, 0) is 53.9 Å². The van der Waals surface area contributed by atoms with Crippen molar-refractivity contribution in [3.05, 3.63) is 12.7 Å². The first-order chi connectivity index (χ1) is 8.56. The topological polar surface area (TPSA) is 52.6 Å². The number of carbonyl (C=O) groups is 2. The Morgan fingerprint density at radius 3 is 2.11 bits per heavy atom. The van der Waals surface area contributed by atoms with Crippen molar-refractivity contribution in [2.45, 2.75) is 71.5 Å². The van der Waals surface area contributed by atoms with Crippen LogP contribution in [0.15, 0.2) is 12.7 Å². The minimum atomic E-state index is -0.529. The maximum Gasteiger partial charge on any atom is 0.330 e. The molecule has 0 spiro atoms. The lowest BCUT2D eigenvalue weighted by Gasteiger charge is -2.24. The van der Waals surface area contributed by atoms with Crippen LogP contribution in [0.1, 0.15) is 60.3 Å². The Labute approximate surface area is 116 Å². The standard InChI is InChI=1S/C15H26O4/c1-7-12(16)19-15(5,6)11-9-8-10-13(17)18-14(2,3)4/h7H,1,8-11H2,2-6H3. The molecule has 0 aromatic heterocycles. The summed E-state index contributed by atoms with van der Waals surface area (Å²) in [5, 5.41) is 0. The Balaban J connectivity index is 3.88. The highest BCUT2D eigenvalue weighted by Crippen LogP contribution is 2.19. The summed E-state index contributed by atoms with van der Waals surface area (Å²) < 4.78 is 10.4. The predicted molar refractivity (Wildman–Crippen MR) is 74.7 cm³/mol. The third kappa shape index (κ3) is 10.3. The molecule has 0 unspecified atom stereocenters. The molecule has 0 aromatic rings. The van der Waals surface area contributed by atoms with Crippen molar-refractivity contribution < 1.29 is 19.1 Å². The van der Waals surface area contributed by atoms with Crippen molar-refractivity contribution in [2.24, 2.45) is 0 Å². The second kappa shape index (κ2) is 7.31. The van der Waals surface area contributed by atoms with Crippen LogP contribution < -0.4 is 0 Å². The van der Waals surface area contributed by atoms with Gasteiger partial charge in [0.1, 0.15) is 11.2 Å². The van der Waals surface area contributed by atoms with E-state index >= 15 is 0 Å². The van der Waals surface area contributed by atoms with Gasteiger partial charge in [-0.2, -0.15) is 0 Å². The molecule has 0 rings (SSSR count). The highest BCUT2D eigenvalue weighted by atomic mass is 16.6. The number of hydrogen-bond donors (Lipinski definition) is 0. The Kier molecular flexibility index (Phi) is 6.81. The molecule has 0 aromatic carbocycles. The second-order valence-electron chi connectivity index (χ2n) is 6.18. The fraction of sp³-hybridized carbons (Fsp3) is 0.733. The van der Waals surface area contributed by atoms with Crippen molar-refractivity contribution >= 4 is 11.9 Å². The van der Waals surface area contributed by atoms with Gasteiger partial charge in [0.15, 0.2) is 0 Å². The maximum absolute atomic E-state index is 11.5. The SMILES string of the molecule is C=CC(=O)OC(C)(C)CCCCC(=O)OC(C)(C)C. The van der Waals surface area contributed by atoms with Crippen molar-refractivity contribution in [2.75, 3.05) is 0 Å². The van der Waals surface area contributed by atoms with Crippen molar-refractivity contribution in [3.8, 4) is 0 Å². The summed E-state index contributed by atoms with van der Waals surface area (Å²) in [5.74, 6) is -0.606. The Hall–Kier alpha value is -1.32. The third-order valence-electron chi connectivity index (χ3n) is 2.37. The minimum absolute atomic E-state index is 0.187. The fourth-order valence-electron chi connectivity index (χ4n) is 1.58. The average Bonchev–Trinajstić information content (AvgIpc) is 2.21. The molecule has 110 valence electrons. The lowest BCUT2D eigenvalue weighted by atomic mass is 10.0. The number of carbonyl (C=O) groups excluding carboxylic acids is 2. The van der Waals surface area contributed by atoms with E-state index in [0.29, 0.717) is 12.8 Å². The summed E-state index contributed by atoms with van der Waals surface area (Å²) in [4.78, 5) is 22.6. The summed E-state index contributed by atoms with van der Waals surface area (Å²) >= 11 is 0. The highest BCUT2D eigenvalue weighted by Gasteiger charge is 2.21. The summed E-state index contributed by atoms with van der Waals surface area (Å²) in [7, 11) is 0. The van der Waals surface area contributed by atoms with Crippen LogP contribution in [0.3, 0.4) is 0 Å². The molecule has 19 heavy (non-hydrogen) atoms. The van der Waals surface area contributed by atoms with Gasteiger partial charge < -0.3 is 9.47 Å². The molecule has 0 bridgehead atoms. The van der Waals surface area contributed by atoms with E-state index in [0.717, 1.165) is 18.9 Å².